The van der Waals surface area contributed by atoms with E-state index in [-0.39, 0.29) is 0 Å². The fourth-order valence-electron chi connectivity index (χ4n) is 2.99. The summed E-state index contributed by atoms with van der Waals surface area (Å²) < 4.78 is 0. The Balaban J connectivity index is 3.78. The Morgan fingerprint density at radius 2 is 1.04 bits per heavy atom. The molecule has 0 spiro atoms. The zero-order chi connectivity index (χ0) is 17.7. The van der Waals surface area contributed by atoms with Gasteiger partial charge < -0.3 is 4.90 Å². The number of hydrogen-bond donors (Lipinski definition) is 0. The van der Waals surface area contributed by atoms with E-state index in [1.54, 1.807) is 0 Å². The van der Waals surface area contributed by atoms with Gasteiger partial charge in [0, 0.05) is 13.1 Å². The van der Waals surface area contributed by atoms with E-state index in [0.717, 1.165) is 37.8 Å². The first kappa shape index (κ1) is 22.5. The second kappa shape index (κ2) is 13.9. The summed E-state index contributed by atoms with van der Waals surface area (Å²) in [6.45, 7) is 15.5. The van der Waals surface area contributed by atoms with Crippen molar-refractivity contribution in [1.82, 2.24) is 4.90 Å². The molecule has 0 aromatic heterocycles. The highest BCUT2D eigenvalue weighted by Crippen LogP contribution is 2.17. The highest BCUT2D eigenvalue weighted by Gasteiger charge is 2.10. The van der Waals surface area contributed by atoms with Crippen LogP contribution in [0.15, 0.2) is 0 Å². The molecule has 0 heterocycles. The molecule has 0 saturated heterocycles. The highest BCUT2D eigenvalue weighted by molar-refractivity contribution is 5.47. The molecular formula is C21H42NO. The summed E-state index contributed by atoms with van der Waals surface area (Å²) in [5.41, 5.74) is 0. The molecule has 1 amide bonds. The summed E-state index contributed by atoms with van der Waals surface area (Å²) >= 11 is 0. The lowest BCUT2D eigenvalue weighted by Gasteiger charge is -2.21. The minimum Gasteiger partial charge on any atom is -0.334 e. The quantitative estimate of drug-likeness (QED) is 0.335. The highest BCUT2D eigenvalue weighted by atomic mass is 16.1. The van der Waals surface area contributed by atoms with E-state index >= 15 is 0 Å². The van der Waals surface area contributed by atoms with Crippen LogP contribution in [0.2, 0.25) is 0 Å². The van der Waals surface area contributed by atoms with Gasteiger partial charge in [-0.15, -0.1) is 0 Å². The molecule has 2 heteroatoms. The Bertz CT molecular complexity index is 251. The number of nitrogens with zero attached hydrogens (tertiary/aromatic N) is 1. The predicted octanol–water partition coefficient (Wildman–Crippen LogP) is 6.06. The van der Waals surface area contributed by atoms with Crippen LogP contribution in [-0.4, -0.2) is 24.4 Å². The van der Waals surface area contributed by atoms with Crippen molar-refractivity contribution in [3.05, 3.63) is 0 Å². The molecule has 0 aliphatic carbocycles. The lowest BCUT2D eigenvalue weighted by molar-refractivity contribution is 0.308. The van der Waals surface area contributed by atoms with Crippen LogP contribution in [0.1, 0.15) is 92.9 Å². The molecule has 0 aliphatic rings. The first-order chi connectivity index (χ1) is 10.8. The van der Waals surface area contributed by atoms with E-state index in [1.807, 2.05) is 4.90 Å². The van der Waals surface area contributed by atoms with Gasteiger partial charge in [-0.2, -0.15) is 0 Å². The Kier molecular flexibility index (Phi) is 13.5. The van der Waals surface area contributed by atoms with Crippen molar-refractivity contribution in [2.45, 2.75) is 92.9 Å². The molecule has 1 radical (unpaired) electrons. The van der Waals surface area contributed by atoms with Crippen LogP contribution in [0.25, 0.3) is 0 Å². The number of rotatable bonds is 15. The Labute approximate surface area is 146 Å². The molecule has 2 atom stereocenters. The average Bonchev–Trinajstić information content (AvgIpc) is 2.46. The van der Waals surface area contributed by atoms with Crippen molar-refractivity contribution in [3.8, 4) is 0 Å². The van der Waals surface area contributed by atoms with Crippen molar-refractivity contribution >= 4 is 6.41 Å². The van der Waals surface area contributed by atoms with Gasteiger partial charge in [-0.1, -0.05) is 80.1 Å². The first-order valence-electron chi connectivity index (χ1n) is 9.97. The summed E-state index contributed by atoms with van der Waals surface area (Å²) in [7, 11) is 0. The SMILES string of the molecule is CC(C)CCCC(C)CCN([C]=O)CCC(C)CCCC(C)C. The lowest BCUT2D eigenvalue weighted by atomic mass is 9.96. The zero-order valence-electron chi connectivity index (χ0n) is 16.7. The summed E-state index contributed by atoms with van der Waals surface area (Å²) in [5.74, 6) is 3.04. The Morgan fingerprint density at radius 1 is 0.652 bits per heavy atom. The monoisotopic (exact) mass is 324 g/mol. The molecule has 2 nitrogen and oxygen atoms in total. The third kappa shape index (κ3) is 14.8. The molecule has 137 valence electrons. The zero-order valence-corrected chi connectivity index (χ0v) is 16.7. The van der Waals surface area contributed by atoms with Crippen LogP contribution in [0.4, 0.5) is 0 Å². The van der Waals surface area contributed by atoms with Crippen LogP contribution in [0.3, 0.4) is 0 Å². The third-order valence-corrected chi connectivity index (χ3v) is 4.87. The summed E-state index contributed by atoms with van der Waals surface area (Å²) in [5, 5.41) is 0. The standard InChI is InChI=1S/C21H42NO/c1-18(2)9-7-11-20(5)13-15-22(17-23)16-14-21(6)12-8-10-19(3)4/h18-21H,7-16H2,1-6H3. The van der Waals surface area contributed by atoms with E-state index in [4.69, 9.17) is 0 Å². The largest absolute Gasteiger partial charge is 0.334 e. The fourth-order valence-corrected chi connectivity index (χ4v) is 2.99. The van der Waals surface area contributed by atoms with Crippen molar-refractivity contribution in [1.29, 1.82) is 0 Å². The minimum absolute atomic E-state index is 0.716. The predicted molar refractivity (Wildman–Crippen MR) is 102 cm³/mol. The van der Waals surface area contributed by atoms with Gasteiger partial charge in [0.2, 0.25) is 0 Å². The van der Waals surface area contributed by atoms with Gasteiger partial charge in [0.25, 0.3) is 0 Å². The van der Waals surface area contributed by atoms with Gasteiger partial charge in [0.05, 0.1) is 0 Å². The number of amides is 1. The number of carbonyl (C=O) groups excluding carboxylic acids is 1. The van der Waals surface area contributed by atoms with Crippen LogP contribution in [-0.2, 0) is 4.79 Å². The van der Waals surface area contributed by atoms with Crippen LogP contribution >= 0.6 is 0 Å². The summed E-state index contributed by atoms with van der Waals surface area (Å²) in [6.07, 6.45) is 12.2. The average molecular weight is 325 g/mol. The van der Waals surface area contributed by atoms with Crippen molar-refractivity contribution in [2.24, 2.45) is 23.7 Å². The van der Waals surface area contributed by atoms with Gasteiger partial charge in [-0.05, 0) is 36.5 Å². The van der Waals surface area contributed by atoms with Crippen molar-refractivity contribution in [3.63, 3.8) is 0 Å². The minimum atomic E-state index is 0.716. The van der Waals surface area contributed by atoms with Gasteiger partial charge in [0.15, 0.2) is 0 Å². The Morgan fingerprint density at radius 3 is 1.35 bits per heavy atom. The second-order valence-corrected chi connectivity index (χ2v) is 8.52. The molecule has 23 heavy (non-hydrogen) atoms. The van der Waals surface area contributed by atoms with Gasteiger partial charge in [0.1, 0.15) is 0 Å². The molecule has 0 bridgehead atoms. The molecular weight excluding hydrogens is 282 g/mol. The fraction of sp³-hybridized carbons (Fsp3) is 0.952. The van der Waals surface area contributed by atoms with Crippen molar-refractivity contribution in [2.75, 3.05) is 13.1 Å². The van der Waals surface area contributed by atoms with E-state index in [0.29, 0.717) is 11.8 Å². The van der Waals surface area contributed by atoms with Gasteiger partial charge in [-0.25, -0.2) is 0 Å². The molecule has 0 aliphatic heterocycles. The van der Waals surface area contributed by atoms with Gasteiger partial charge >= 0.3 is 6.41 Å². The topological polar surface area (TPSA) is 20.3 Å². The summed E-state index contributed by atoms with van der Waals surface area (Å²) in [4.78, 5) is 13.0. The maximum atomic E-state index is 11.1. The molecule has 2 unspecified atom stereocenters. The van der Waals surface area contributed by atoms with Gasteiger partial charge in [-0.3, -0.25) is 4.79 Å². The molecule has 0 aromatic carbocycles. The molecule has 0 saturated carbocycles. The Hall–Kier alpha value is -0.530. The third-order valence-electron chi connectivity index (χ3n) is 4.87. The van der Waals surface area contributed by atoms with E-state index in [2.05, 4.69) is 48.0 Å². The van der Waals surface area contributed by atoms with E-state index in [1.165, 1.54) is 38.5 Å². The van der Waals surface area contributed by atoms with E-state index < -0.39 is 0 Å². The summed E-state index contributed by atoms with van der Waals surface area (Å²) in [6, 6.07) is 0. The molecule has 0 aromatic rings. The second-order valence-electron chi connectivity index (χ2n) is 8.52. The van der Waals surface area contributed by atoms with Crippen LogP contribution in [0.5, 0.6) is 0 Å². The first-order valence-corrected chi connectivity index (χ1v) is 9.97. The van der Waals surface area contributed by atoms with Crippen LogP contribution in [0, 0.1) is 23.7 Å². The van der Waals surface area contributed by atoms with Crippen LogP contribution < -0.4 is 0 Å². The van der Waals surface area contributed by atoms with E-state index in [9.17, 15) is 4.79 Å². The molecule has 0 fully saturated rings. The lowest BCUT2D eigenvalue weighted by Crippen LogP contribution is -2.26. The molecule has 0 N–H and O–H groups in total. The van der Waals surface area contributed by atoms with Crippen molar-refractivity contribution < 1.29 is 4.79 Å². The molecule has 0 rings (SSSR count). The normalized spacial score (nSPS) is 14.3. The smallest absolute Gasteiger partial charge is 0.312 e. The number of hydrogen-bond acceptors (Lipinski definition) is 1. The maximum Gasteiger partial charge on any atom is 0.312 e. The maximum absolute atomic E-state index is 11.1.